The molecule has 2 aliphatic carbocycles. The minimum Gasteiger partial charge on any atom is -0.340 e. The summed E-state index contributed by atoms with van der Waals surface area (Å²) >= 11 is 0. The van der Waals surface area contributed by atoms with Crippen molar-refractivity contribution in [1.29, 1.82) is 0 Å². The van der Waals surface area contributed by atoms with E-state index in [2.05, 4.69) is 5.32 Å². The maximum absolute atomic E-state index is 13.0. The van der Waals surface area contributed by atoms with Crippen LogP contribution in [0.3, 0.4) is 0 Å². The van der Waals surface area contributed by atoms with Gasteiger partial charge in [-0.1, -0.05) is 32.6 Å². The lowest BCUT2D eigenvalue weighted by Crippen LogP contribution is -2.70. The third-order valence-electron chi connectivity index (χ3n) is 5.21. The number of amides is 2. The van der Waals surface area contributed by atoms with E-state index in [0.717, 1.165) is 44.9 Å². The monoisotopic (exact) mass is 264 g/mol. The molecule has 1 saturated heterocycles. The molecule has 1 unspecified atom stereocenters. The van der Waals surface area contributed by atoms with Crippen molar-refractivity contribution < 1.29 is 9.59 Å². The summed E-state index contributed by atoms with van der Waals surface area (Å²) in [6.45, 7) is 2.01. The fourth-order valence-electron chi connectivity index (χ4n) is 4.19. The minimum absolute atomic E-state index is 0.0795. The zero-order valence-corrected chi connectivity index (χ0v) is 11.8. The molecule has 0 aromatic heterocycles. The van der Waals surface area contributed by atoms with Crippen LogP contribution in [-0.2, 0) is 9.59 Å². The summed E-state index contributed by atoms with van der Waals surface area (Å²) < 4.78 is 0. The number of hydrogen-bond donors (Lipinski definition) is 1. The molecular formula is C15H24N2O2. The standard InChI is InChI=1S/C15H24N2O2/c1-2-12-13(18)16-15(9-5-6-10-15)14(19)17(12)11-7-3-4-8-11/h11-12H,2-10H2,1H3,(H,16,18). The maximum atomic E-state index is 13.0. The molecule has 0 radical (unpaired) electrons. The summed E-state index contributed by atoms with van der Waals surface area (Å²) in [5.41, 5.74) is -0.550. The molecule has 2 amide bonds. The molecule has 3 aliphatic rings. The summed E-state index contributed by atoms with van der Waals surface area (Å²) in [5.74, 6) is 0.291. The molecule has 3 fully saturated rings. The van der Waals surface area contributed by atoms with E-state index in [-0.39, 0.29) is 17.9 Å². The Bertz CT molecular complexity index is 382. The van der Waals surface area contributed by atoms with Crippen molar-refractivity contribution in [1.82, 2.24) is 10.2 Å². The Morgan fingerprint density at radius 2 is 1.79 bits per heavy atom. The molecule has 3 rings (SSSR count). The predicted octanol–water partition coefficient (Wildman–Crippen LogP) is 1.98. The molecule has 4 nitrogen and oxygen atoms in total. The maximum Gasteiger partial charge on any atom is 0.249 e. The molecule has 1 atom stereocenters. The Labute approximate surface area is 114 Å². The van der Waals surface area contributed by atoms with Crippen LogP contribution < -0.4 is 5.32 Å². The van der Waals surface area contributed by atoms with Crippen LogP contribution in [0, 0.1) is 0 Å². The van der Waals surface area contributed by atoms with Crippen LogP contribution in [0.1, 0.15) is 64.7 Å². The van der Waals surface area contributed by atoms with Gasteiger partial charge in [-0.05, 0) is 32.1 Å². The summed E-state index contributed by atoms with van der Waals surface area (Å²) in [7, 11) is 0. The second-order valence-corrected chi connectivity index (χ2v) is 6.35. The Kier molecular flexibility index (Phi) is 3.27. The Hall–Kier alpha value is -1.06. The molecule has 1 heterocycles. The fourth-order valence-corrected chi connectivity index (χ4v) is 4.19. The smallest absolute Gasteiger partial charge is 0.249 e. The average molecular weight is 264 g/mol. The van der Waals surface area contributed by atoms with E-state index in [1.165, 1.54) is 12.8 Å². The van der Waals surface area contributed by atoms with Gasteiger partial charge in [-0.15, -0.1) is 0 Å². The van der Waals surface area contributed by atoms with Gasteiger partial charge in [0.15, 0.2) is 0 Å². The highest BCUT2D eigenvalue weighted by molar-refractivity contribution is 6.00. The lowest BCUT2D eigenvalue weighted by Gasteiger charge is -2.47. The summed E-state index contributed by atoms with van der Waals surface area (Å²) in [5, 5.41) is 3.07. The minimum atomic E-state index is -0.550. The molecule has 0 bridgehead atoms. The summed E-state index contributed by atoms with van der Waals surface area (Å²) in [6, 6.07) is 0.0720. The SMILES string of the molecule is CCC1C(=O)NC2(CCCC2)C(=O)N1C1CCCC1. The van der Waals surface area contributed by atoms with Crippen LogP contribution in [0.2, 0.25) is 0 Å². The molecule has 0 aromatic carbocycles. The van der Waals surface area contributed by atoms with E-state index in [1.807, 2.05) is 11.8 Å². The van der Waals surface area contributed by atoms with Gasteiger partial charge in [-0.25, -0.2) is 0 Å². The van der Waals surface area contributed by atoms with Gasteiger partial charge in [-0.2, -0.15) is 0 Å². The van der Waals surface area contributed by atoms with Crippen molar-refractivity contribution in [3.63, 3.8) is 0 Å². The Morgan fingerprint density at radius 3 is 2.37 bits per heavy atom. The van der Waals surface area contributed by atoms with Crippen molar-refractivity contribution in [2.75, 3.05) is 0 Å². The molecule has 106 valence electrons. The van der Waals surface area contributed by atoms with E-state index >= 15 is 0 Å². The van der Waals surface area contributed by atoms with Crippen LogP contribution >= 0.6 is 0 Å². The van der Waals surface area contributed by atoms with Crippen LogP contribution in [0.4, 0.5) is 0 Å². The summed E-state index contributed by atoms with van der Waals surface area (Å²) in [4.78, 5) is 27.3. The molecule has 0 aromatic rings. The molecule has 1 N–H and O–H groups in total. The number of rotatable bonds is 2. The molecule has 2 saturated carbocycles. The van der Waals surface area contributed by atoms with E-state index < -0.39 is 5.54 Å². The Morgan fingerprint density at radius 1 is 1.16 bits per heavy atom. The van der Waals surface area contributed by atoms with Crippen LogP contribution in [0.15, 0.2) is 0 Å². The van der Waals surface area contributed by atoms with Crippen molar-refractivity contribution in [3.05, 3.63) is 0 Å². The first-order valence-electron chi connectivity index (χ1n) is 7.83. The lowest BCUT2D eigenvalue weighted by molar-refractivity contribution is -0.157. The Balaban J connectivity index is 1.91. The molecular weight excluding hydrogens is 240 g/mol. The molecule has 4 heteroatoms. The first-order chi connectivity index (χ1) is 9.18. The first-order valence-corrected chi connectivity index (χ1v) is 7.83. The second-order valence-electron chi connectivity index (χ2n) is 6.35. The first kappa shape index (κ1) is 12.9. The average Bonchev–Trinajstić information content (AvgIpc) is 3.05. The fraction of sp³-hybridized carbons (Fsp3) is 0.867. The number of carbonyl (C=O) groups is 2. The number of carbonyl (C=O) groups excluding carboxylic acids is 2. The van der Waals surface area contributed by atoms with Gasteiger partial charge in [-0.3, -0.25) is 9.59 Å². The third-order valence-corrected chi connectivity index (χ3v) is 5.21. The van der Waals surface area contributed by atoms with E-state index in [9.17, 15) is 9.59 Å². The summed E-state index contributed by atoms with van der Waals surface area (Å²) in [6.07, 6.45) is 9.04. The number of hydrogen-bond acceptors (Lipinski definition) is 2. The molecule has 1 aliphatic heterocycles. The third kappa shape index (κ3) is 1.96. The van der Waals surface area contributed by atoms with Crippen molar-refractivity contribution >= 4 is 11.8 Å². The van der Waals surface area contributed by atoms with Crippen molar-refractivity contribution in [2.24, 2.45) is 0 Å². The lowest BCUT2D eigenvalue weighted by atomic mass is 9.88. The normalized spacial score (nSPS) is 31.2. The highest BCUT2D eigenvalue weighted by atomic mass is 16.2. The zero-order valence-electron chi connectivity index (χ0n) is 11.8. The highest BCUT2D eigenvalue weighted by Gasteiger charge is 2.53. The van der Waals surface area contributed by atoms with Gasteiger partial charge in [0.2, 0.25) is 11.8 Å². The molecule has 1 spiro atoms. The topological polar surface area (TPSA) is 49.4 Å². The van der Waals surface area contributed by atoms with Gasteiger partial charge in [0.05, 0.1) is 0 Å². The van der Waals surface area contributed by atoms with E-state index in [0.29, 0.717) is 6.04 Å². The predicted molar refractivity (Wildman–Crippen MR) is 72.5 cm³/mol. The molecule has 19 heavy (non-hydrogen) atoms. The zero-order chi connectivity index (χ0) is 13.5. The number of nitrogens with zero attached hydrogens (tertiary/aromatic N) is 1. The van der Waals surface area contributed by atoms with Gasteiger partial charge in [0.25, 0.3) is 0 Å². The largest absolute Gasteiger partial charge is 0.340 e. The second kappa shape index (κ2) is 4.80. The van der Waals surface area contributed by atoms with Crippen molar-refractivity contribution in [3.8, 4) is 0 Å². The van der Waals surface area contributed by atoms with E-state index in [4.69, 9.17) is 0 Å². The van der Waals surface area contributed by atoms with Crippen LogP contribution in [0.25, 0.3) is 0 Å². The van der Waals surface area contributed by atoms with Crippen LogP contribution in [-0.4, -0.2) is 34.3 Å². The highest BCUT2D eigenvalue weighted by Crippen LogP contribution is 2.38. The number of piperazine rings is 1. The number of nitrogens with one attached hydrogen (secondary N) is 1. The quantitative estimate of drug-likeness (QED) is 0.829. The van der Waals surface area contributed by atoms with Gasteiger partial charge in [0, 0.05) is 6.04 Å². The van der Waals surface area contributed by atoms with Crippen LogP contribution in [0.5, 0.6) is 0 Å². The van der Waals surface area contributed by atoms with Gasteiger partial charge in [0.1, 0.15) is 11.6 Å². The van der Waals surface area contributed by atoms with Gasteiger partial charge < -0.3 is 10.2 Å². The van der Waals surface area contributed by atoms with E-state index in [1.54, 1.807) is 0 Å². The van der Waals surface area contributed by atoms with Gasteiger partial charge >= 0.3 is 0 Å². The van der Waals surface area contributed by atoms with Crippen molar-refractivity contribution in [2.45, 2.75) is 82.3 Å².